The zero-order valence-electron chi connectivity index (χ0n) is 23.3. The Labute approximate surface area is 254 Å². The van der Waals surface area contributed by atoms with Gasteiger partial charge in [-0.2, -0.15) is 0 Å². The van der Waals surface area contributed by atoms with Crippen molar-refractivity contribution in [3.8, 4) is 11.5 Å². The number of benzene rings is 5. The number of aliphatic hydroxyl groups is 2. The van der Waals surface area contributed by atoms with Crippen molar-refractivity contribution < 1.29 is 19.7 Å². The SMILES string of the molecule is OC1C=CC(P(c2ccccc2)c2ccccc2)=C(c2c(P(c3ccccc3)c3ccccc3)ccc3c2OCO3)C1O. The molecule has 0 bridgehead atoms. The molecule has 0 spiro atoms. The second-order valence-corrected chi connectivity index (χ2v) is 14.7. The molecule has 2 unspecified atom stereocenters. The molecule has 2 N–H and O–H groups in total. The van der Waals surface area contributed by atoms with E-state index in [1.807, 2.05) is 36.4 Å². The minimum Gasteiger partial charge on any atom is -0.454 e. The van der Waals surface area contributed by atoms with E-state index in [2.05, 4.69) is 103 Å². The van der Waals surface area contributed by atoms with Gasteiger partial charge >= 0.3 is 0 Å². The van der Waals surface area contributed by atoms with Crippen LogP contribution in [0.25, 0.3) is 5.57 Å². The lowest BCUT2D eigenvalue weighted by atomic mass is 9.91. The number of hydrogen-bond donors (Lipinski definition) is 2. The summed E-state index contributed by atoms with van der Waals surface area (Å²) in [6.45, 7) is 0.101. The van der Waals surface area contributed by atoms with Crippen molar-refractivity contribution >= 4 is 47.9 Å². The maximum absolute atomic E-state index is 11.9. The highest BCUT2D eigenvalue weighted by Crippen LogP contribution is 2.54. The monoisotopic (exact) mass is 600 g/mol. The molecule has 43 heavy (non-hydrogen) atoms. The van der Waals surface area contributed by atoms with Crippen LogP contribution in [0, 0.1) is 0 Å². The molecule has 2 atom stereocenters. The van der Waals surface area contributed by atoms with Crippen LogP contribution in [0.2, 0.25) is 0 Å². The highest BCUT2D eigenvalue weighted by atomic mass is 31.1. The summed E-state index contributed by atoms with van der Waals surface area (Å²) >= 11 is 0. The van der Waals surface area contributed by atoms with Gasteiger partial charge in [0.1, 0.15) is 12.2 Å². The molecule has 0 aromatic heterocycles. The minimum absolute atomic E-state index is 0.101. The summed E-state index contributed by atoms with van der Waals surface area (Å²) in [7, 11) is -2.15. The molecule has 1 aliphatic heterocycles. The van der Waals surface area contributed by atoms with Gasteiger partial charge in [-0.15, -0.1) is 0 Å². The molecule has 6 heteroatoms. The van der Waals surface area contributed by atoms with Crippen molar-refractivity contribution in [1.82, 2.24) is 0 Å². The Hall–Kier alpha value is -4.04. The Morgan fingerprint density at radius 2 is 1.05 bits per heavy atom. The van der Waals surface area contributed by atoms with E-state index in [4.69, 9.17) is 9.47 Å². The fourth-order valence-corrected chi connectivity index (χ4v) is 10.7. The molecule has 0 saturated heterocycles. The molecular formula is C37H30O4P2. The molecule has 7 rings (SSSR count). The van der Waals surface area contributed by atoms with Crippen molar-refractivity contribution in [3.05, 3.63) is 156 Å². The van der Waals surface area contributed by atoms with E-state index in [1.165, 1.54) is 10.6 Å². The molecule has 0 radical (unpaired) electrons. The van der Waals surface area contributed by atoms with E-state index in [1.54, 1.807) is 6.08 Å². The first-order valence-electron chi connectivity index (χ1n) is 14.2. The van der Waals surface area contributed by atoms with Gasteiger partial charge < -0.3 is 19.7 Å². The van der Waals surface area contributed by atoms with E-state index in [0.717, 1.165) is 26.8 Å². The molecule has 5 aromatic rings. The first-order valence-corrected chi connectivity index (χ1v) is 16.9. The summed E-state index contributed by atoms with van der Waals surface area (Å²) in [5, 5.41) is 29.8. The predicted octanol–water partition coefficient (Wildman–Crippen LogP) is 5.31. The van der Waals surface area contributed by atoms with Crippen LogP contribution in [-0.4, -0.2) is 29.2 Å². The number of fused-ring (bicyclic) bond motifs is 1. The Bertz CT molecular complexity index is 1690. The number of allylic oxidation sites excluding steroid dienone is 2. The Morgan fingerprint density at radius 3 is 1.56 bits per heavy atom. The number of rotatable bonds is 7. The van der Waals surface area contributed by atoms with Crippen molar-refractivity contribution in [3.63, 3.8) is 0 Å². The van der Waals surface area contributed by atoms with Gasteiger partial charge in [-0.25, -0.2) is 0 Å². The lowest BCUT2D eigenvalue weighted by molar-refractivity contribution is 0.0856. The summed E-state index contributed by atoms with van der Waals surface area (Å²) in [4.78, 5) is 0. The zero-order valence-corrected chi connectivity index (χ0v) is 25.1. The Balaban J connectivity index is 1.56. The lowest BCUT2D eigenvalue weighted by Crippen LogP contribution is -2.33. The minimum atomic E-state index is -1.16. The molecule has 212 valence electrons. The fourth-order valence-electron chi connectivity index (χ4n) is 5.75. The second-order valence-electron chi connectivity index (χ2n) is 10.3. The average molecular weight is 601 g/mol. The van der Waals surface area contributed by atoms with Gasteiger partial charge in [0.15, 0.2) is 11.5 Å². The van der Waals surface area contributed by atoms with E-state index in [9.17, 15) is 10.2 Å². The second kappa shape index (κ2) is 12.3. The number of ether oxygens (including phenoxy) is 2. The number of aliphatic hydroxyl groups excluding tert-OH is 2. The summed E-state index contributed by atoms with van der Waals surface area (Å²) in [5.41, 5.74) is 1.49. The van der Waals surface area contributed by atoms with Gasteiger partial charge in [-0.05, 0) is 59.8 Å². The van der Waals surface area contributed by atoms with Crippen molar-refractivity contribution in [2.75, 3.05) is 6.79 Å². The molecule has 4 nitrogen and oxygen atoms in total. The molecule has 5 aromatic carbocycles. The van der Waals surface area contributed by atoms with Crippen LogP contribution in [0.1, 0.15) is 5.56 Å². The molecule has 1 heterocycles. The smallest absolute Gasteiger partial charge is 0.231 e. The van der Waals surface area contributed by atoms with Crippen LogP contribution in [-0.2, 0) is 0 Å². The van der Waals surface area contributed by atoms with Crippen LogP contribution in [0.4, 0.5) is 0 Å². The maximum atomic E-state index is 11.9. The van der Waals surface area contributed by atoms with Gasteiger partial charge in [-0.1, -0.05) is 133 Å². The first kappa shape index (κ1) is 27.8. The highest BCUT2D eigenvalue weighted by Gasteiger charge is 2.37. The van der Waals surface area contributed by atoms with Crippen molar-refractivity contribution in [2.24, 2.45) is 0 Å². The summed E-state index contributed by atoms with van der Waals surface area (Å²) in [5.74, 6) is 1.25. The maximum Gasteiger partial charge on any atom is 0.231 e. The third-order valence-corrected chi connectivity index (χ3v) is 12.7. The van der Waals surface area contributed by atoms with Gasteiger partial charge in [-0.3, -0.25) is 0 Å². The topological polar surface area (TPSA) is 58.9 Å². The summed E-state index contributed by atoms with van der Waals surface area (Å²) < 4.78 is 12.1. The van der Waals surface area contributed by atoms with Gasteiger partial charge in [0.2, 0.25) is 6.79 Å². The molecular weight excluding hydrogens is 570 g/mol. The van der Waals surface area contributed by atoms with Crippen molar-refractivity contribution in [2.45, 2.75) is 12.2 Å². The molecule has 0 fully saturated rings. The zero-order chi connectivity index (χ0) is 29.2. The van der Waals surface area contributed by atoms with E-state index >= 15 is 0 Å². The third kappa shape index (κ3) is 5.33. The lowest BCUT2D eigenvalue weighted by Gasteiger charge is -2.33. The van der Waals surface area contributed by atoms with Gasteiger partial charge in [0.05, 0.1) is 0 Å². The first-order chi connectivity index (χ1) is 21.2. The van der Waals surface area contributed by atoms with Crippen LogP contribution in [0.5, 0.6) is 11.5 Å². The molecule has 1 aliphatic carbocycles. The Morgan fingerprint density at radius 1 is 0.558 bits per heavy atom. The summed E-state index contributed by atoms with van der Waals surface area (Å²) in [6.07, 6.45) is 1.50. The van der Waals surface area contributed by atoms with Gasteiger partial charge in [0, 0.05) is 11.1 Å². The quantitative estimate of drug-likeness (QED) is 0.249. The van der Waals surface area contributed by atoms with E-state index in [-0.39, 0.29) is 6.79 Å². The van der Waals surface area contributed by atoms with Crippen LogP contribution in [0.3, 0.4) is 0 Å². The normalized spacial score (nSPS) is 17.6. The van der Waals surface area contributed by atoms with E-state index < -0.39 is 28.1 Å². The number of hydrogen-bond acceptors (Lipinski definition) is 4. The van der Waals surface area contributed by atoms with Crippen LogP contribution < -0.4 is 36.0 Å². The molecule has 0 amide bonds. The Kier molecular flexibility index (Phi) is 7.94. The molecule has 0 saturated carbocycles. The molecule has 2 aliphatic rings. The fraction of sp³-hybridized carbons (Fsp3) is 0.0811. The third-order valence-electron chi connectivity index (χ3n) is 7.67. The predicted molar refractivity (Wildman–Crippen MR) is 178 cm³/mol. The highest BCUT2D eigenvalue weighted by molar-refractivity contribution is 7.80. The average Bonchev–Trinajstić information content (AvgIpc) is 3.55. The standard InChI is InChI=1S/C37H30O4P2/c38-30-21-23-32(42(26-13-5-1-6-14-26)27-15-7-2-8-16-27)34(36(30)39)35-33(24-22-31-37(35)41-25-40-31)43(28-17-9-3-10-18-28)29-19-11-4-12-20-29/h1-24,30,36,38-39H,25H2. The largest absolute Gasteiger partial charge is 0.454 e. The van der Waals surface area contributed by atoms with Gasteiger partial charge in [0.25, 0.3) is 0 Å². The summed E-state index contributed by atoms with van der Waals surface area (Å²) in [6, 6.07) is 45.9. The van der Waals surface area contributed by atoms with Crippen LogP contribution in [0.15, 0.2) is 151 Å². The van der Waals surface area contributed by atoms with E-state index in [0.29, 0.717) is 17.1 Å². The van der Waals surface area contributed by atoms with Crippen molar-refractivity contribution in [1.29, 1.82) is 0 Å². The van der Waals surface area contributed by atoms with Crippen LogP contribution >= 0.6 is 15.8 Å².